The Balaban J connectivity index is 1.82. The highest BCUT2D eigenvalue weighted by Gasteiger charge is 2.12. The Kier molecular flexibility index (Phi) is 6.45. The topological polar surface area (TPSA) is 67.4 Å². The summed E-state index contributed by atoms with van der Waals surface area (Å²) >= 11 is 0. The predicted molar refractivity (Wildman–Crippen MR) is 89.4 cm³/mol. The van der Waals surface area contributed by atoms with Crippen LogP contribution in [0, 0.1) is 5.82 Å². The SMILES string of the molecule is COC(=O)c1ccccc1NC(=O)CNCCc1ccccc1F. The third kappa shape index (κ3) is 4.89. The van der Waals surface area contributed by atoms with Crippen molar-refractivity contribution in [3.8, 4) is 0 Å². The number of halogens is 1. The van der Waals surface area contributed by atoms with Crippen molar-refractivity contribution in [3.05, 3.63) is 65.5 Å². The van der Waals surface area contributed by atoms with Gasteiger partial charge in [-0.1, -0.05) is 30.3 Å². The molecule has 6 heteroatoms. The summed E-state index contributed by atoms with van der Waals surface area (Å²) in [5.41, 5.74) is 1.28. The number of hydrogen-bond acceptors (Lipinski definition) is 4. The molecule has 0 heterocycles. The first-order valence-electron chi connectivity index (χ1n) is 7.53. The van der Waals surface area contributed by atoms with Crippen LogP contribution < -0.4 is 10.6 Å². The molecule has 0 aliphatic heterocycles. The minimum Gasteiger partial charge on any atom is -0.465 e. The first-order valence-corrected chi connectivity index (χ1v) is 7.53. The second kappa shape index (κ2) is 8.79. The molecule has 2 rings (SSSR count). The zero-order valence-electron chi connectivity index (χ0n) is 13.3. The van der Waals surface area contributed by atoms with Crippen LogP contribution in [-0.2, 0) is 16.0 Å². The molecule has 1 amide bonds. The minimum atomic E-state index is -0.515. The van der Waals surface area contributed by atoms with Crippen LogP contribution in [0.4, 0.5) is 10.1 Å². The Hall–Kier alpha value is -2.73. The maximum Gasteiger partial charge on any atom is 0.339 e. The summed E-state index contributed by atoms with van der Waals surface area (Å²) in [6.45, 7) is 0.525. The molecule has 2 aromatic rings. The number of ether oxygens (including phenoxy) is 1. The van der Waals surface area contributed by atoms with Gasteiger partial charge in [-0.05, 0) is 36.7 Å². The molecule has 0 unspecified atom stereocenters. The first-order chi connectivity index (χ1) is 11.6. The van der Waals surface area contributed by atoms with Gasteiger partial charge in [-0.3, -0.25) is 4.79 Å². The van der Waals surface area contributed by atoms with Crippen molar-refractivity contribution in [3.63, 3.8) is 0 Å². The van der Waals surface area contributed by atoms with Gasteiger partial charge in [0.2, 0.25) is 5.91 Å². The van der Waals surface area contributed by atoms with Crippen LogP contribution in [0.1, 0.15) is 15.9 Å². The van der Waals surface area contributed by atoms with Gasteiger partial charge >= 0.3 is 5.97 Å². The second-order valence-corrected chi connectivity index (χ2v) is 5.10. The largest absolute Gasteiger partial charge is 0.465 e. The molecule has 2 N–H and O–H groups in total. The molecular formula is C18H19FN2O3. The first kappa shape index (κ1) is 17.6. The number of para-hydroxylation sites is 1. The van der Waals surface area contributed by atoms with E-state index < -0.39 is 5.97 Å². The fourth-order valence-electron chi connectivity index (χ4n) is 2.20. The number of nitrogens with one attached hydrogen (secondary N) is 2. The summed E-state index contributed by atoms with van der Waals surface area (Å²) in [6, 6.07) is 13.1. The molecule has 0 spiro atoms. The van der Waals surface area contributed by atoms with Gasteiger partial charge in [-0.25, -0.2) is 9.18 Å². The van der Waals surface area contributed by atoms with Gasteiger partial charge in [0.15, 0.2) is 0 Å². The molecule has 2 aromatic carbocycles. The van der Waals surface area contributed by atoms with E-state index in [1.165, 1.54) is 13.2 Å². The Morgan fingerprint density at radius 2 is 1.79 bits per heavy atom. The van der Waals surface area contributed by atoms with Crippen molar-refractivity contribution in [2.45, 2.75) is 6.42 Å². The number of anilines is 1. The summed E-state index contributed by atoms with van der Waals surface area (Å²) in [5, 5.41) is 5.61. The summed E-state index contributed by atoms with van der Waals surface area (Å²) in [4.78, 5) is 23.6. The fourth-order valence-corrected chi connectivity index (χ4v) is 2.20. The normalized spacial score (nSPS) is 10.2. The van der Waals surface area contributed by atoms with E-state index in [1.807, 2.05) is 0 Å². The number of amides is 1. The molecule has 5 nitrogen and oxygen atoms in total. The van der Waals surface area contributed by atoms with Crippen LogP contribution in [0.15, 0.2) is 48.5 Å². The zero-order chi connectivity index (χ0) is 17.4. The van der Waals surface area contributed by atoms with Crippen LogP contribution in [0.2, 0.25) is 0 Å². The van der Waals surface area contributed by atoms with Gasteiger partial charge < -0.3 is 15.4 Å². The van der Waals surface area contributed by atoms with Gasteiger partial charge in [0, 0.05) is 0 Å². The summed E-state index contributed by atoms with van der Waals surface area (Å²) < 4.78 is 18.1. The Morgan fingerprint density at radius 3 is 2.54 bits per heavy atom. The van der Waals surface area contributed by atoms with E-state index in [4.69, 9.17) is 0 Å². The van der Waals surface area contributed by atoms with Gasteiger partial charge in [0.1, 0.15) is 5.82 Å². The van der Waals surface area contributed by atoms with Gasteiger partial charge in [-0.15, -0.1) is 0 Å². The maximum absolute atomic E-state index is 13.5. The highest BCUT2D eigenvalue weighted by atomic mass is 19.1. The molecule has 0 saturated heterocycles. The van der Waals surface area contributed by atoms with Crippen LogP contribution in [0.3, 0.4) is 0 Å². The van der Waals surface area contributed by atoms with Crippen molar-refractivity contribution >= 4 is 17.6 Å². The average molecular weight is 330 g/mol. The molecule has 126 valence electrons. The lowest BCUT2D eigenvalue weighted by atomic mass is 10.1. The van der Waals surface area contributed by atoms with Crippen molar-refractivity contribution in [2.24, 2.45) is 0 Å². The van der Waals surface area contributed by atoms with Crippen LogP contribution in [0.5, 0.6) is 0 Å². The second-order valence-electron chi connectivity index (χ2n) is 5.10. The lowest BCUT2D eigenvalue weighted by Crippen LogP contribution is -2.30. The van der Waals surface area contributed by atoms with E-state index in [0.29, 0.717) is 29.8 Å². The van der Waals surface area contributed by atoms with Gasteiger partial charge in [0.05, 0.1) is 24.9 Å². The van der Waals surface area contributed by atoms with Crippen molar-refractivity contribution < 1.29 is 18.7 Å². The number of esters is 1. The molecule has 0 aromatic heterocycles. The van der Waals surface area contributed by atoms with E-state index in [2.05, 4.69) is 15.4 Å². The van der Waals surface area contributed by atoms with Crippen LogP contribution >= 0.6 is 0 Å². The number of carbonyl (C=O) groups is 2. The average Bonchev–Trinajstić information content (AvgIpc) is 2.60. The molecule has 0 aliphatic rings. The number of benzene rings is 2. The molecule has 0 bridgehead atoms. The molecule has 24 heavy (non-hydrogen) atoms. The monoisotopic (exact) mass is 330 g/mol. The fraction of sp³-hybridized carbons (Fsp3) is 0.222. The Labute approximate surface area is 139 Å². The number of carbonyl (C=O) groups excluding carboxylic acids is 2. The van der Waals surface area contributed by atoms with E-state index in [1.54, 1.807) is 42.5 Å². The molecular weight excluding hydrogens is 311 g/mol. The number of hydrogen-bond donors (Lipinski definition) is 2. The summed E-state index contributed by atoms with van der Waals surface area (Å²) in [5.74, 6) is -1.06. The maximum atomic E-state index is 13.5. The Bertz CT molecular complexity index is 719. The third-order valence-electron chi connectivity index (χ3n) is 3.42. The lowest BCUT2D eigenvalue weighted by molar-refractivity contribution is -0.115. The molecule has 0 aliphatic carbocycles. The van der Waals surface area contributed by atoms with Gasteiger partial charge in [-0.2, -0.15) is 0 Å². The predicted octanol–water partition coefficient (Wildman–Crippen LogP) is 2.38. The van der Waals surface area contributed by atoms with Crippen molar-refractivity contribution in [1.29, 1.82) is 0 Å². The molecule has 0 radical (unpaired) electrons. The van der Waals surface area contributed by atoms with Crippen molar-refractivity contribution in [2.75, 3.05) is 25.5 Å². The Morgan fingerprint density at radius 1 is 1.08 bits per heavy atom. The highest BCUT2D eigenvalue weighted by molar-refractivity contribution is 6.01. The highest BCUT2D eigenvalue weighted by Crippen LogP contribution is 2.15. The number of rotatable bonds is 7. The third-order valence-corrected chi connectivity index (χ3v) is 3.42. The molecule has 0 saturated carbocycles. The summed E-state index contributed by atoms with van der Waals surface area (Å²) in [6.07, 6.45) is 0.485. The van der Waals surface area contributed by atoms with E-state index in [9.17, 15) is 14.0 Å². The molecule has 0 atom stereocenters. The zero-order valence-corrected chi connectivity index (χ0v) is 13.3. The molecule has 0 fully saturated rings. The quantitative estimate of drug-likeness (QED) is 0.604. The standard InChI is InChI=1S/C18H19FN2O3/c1-24-18(23)14-7-3-5-9-16(14)21-17(22)12-20-11-10-13-6-2-4-8-15(13)19/h2-9,20H,10-12H2,1H3,(H,21,22). The van der Waals surface area contributed by atoms with Crippen LogP contribution in [-0.4, -0.2) is 32.1 Å². The van der Waals surface area contributed by atoms with E-state index >= 15 is 0 Å². The van der Waals surface area contributed by atoms with Crippen LogP contribution in [0.25, 0.3) is 0 Å². The van der Waals surface area contributed by atoms with Crippen molar-refractivity contribution in [1.82, 2.24) is 5.32 Å². The van der Waals surface area contributed by atoms with Gasteiger partial charge in [0.25, 0.3) is 0 Å². The number of methoxy groups -OCH3 is 1. The lowest BCUT2D eigenvalue weighted by Gasteiger charge is -2.10. The van der Waals surface area contributed by atoms with E-state index in [-0.39, 0.29) is 18.3 Å². The smallest absolute Gasteiger partial charge is 0.339 e. The summed E-state index contributed by atoms with van der Waals surface area (Å²) in [7, 11) is 1.28. The van der Waals surface area contributed by atoms with E-state index in [0.717, 1.165) is 0 Å². The minimum absolute atomic E-state index is 0.0595.